The molecule has 1 unspecified atom stereocenters. The molecule has 0 saturated carbocycles. The van der Waals surface area contributed by atoms with Gasteiger partial charge in [-0.2, -0.15) is 0 Å². The van der Waals surface area contributed by atoms with E-state index in [1.807, 2.05) is 13.0 Å². The lowest BCUT2D eigenvalue weighted by molar-refractivity contribution is 0.0323. The van der Waals surface area contributed by atoms with E-state index in [1.165, 1.54) is 5.57 Å². The second-order valence-electron chi connectivity index (χ2n) is 3.41. The van der Waals surface area contributed by atoms with Crippen LogP contribution in [0.1, 0.15) is 19.8 Å². The van der Waals surface area contributed by atoms with E-state index in [1.54, 1.807) is 0 Å². The molecular formula is C10H15ClO3. The third kappa shape index (κ3) is 3.33. The average Bonchev–Trinajstić information content (AvgIpc) is 2.19. The minimum absolute atomic E-state index is 0.0752. The predicted molar refractivity (Wildman–Crippen MR) is 54.9 cm³/mol. The smallest absolute Gasteiger partial charge is 0.133 e. The Balaban J connectivity index is 2.50. The predicted octanol–water partition coefficient (Wildman–Crippen LogP) is 1.55. The zero-order valence-electron chi connectivity index (χ0n) is 8.16. The average molecular weight is 219 g/mol. The third-order valence-corrected chi connectivity index (χ3v) is 2.40. The van der Waals surface area contributed by atoms with E-state index < -0.39 is 6.10 Å². The molecule has 4 heteroatoms. The molecule has 0 saturated heterocycles. The highest BCUT2D eigenvalue weighted by Crippen LogP contribution is 2.26. The second kappa shape index (κ2) is 5.39. The molecule has 1 aliphatic carbocycles. The van der Waals surface area contributed by atoms with Crippen molar-refractivity contribution in [2.75, 3.05) is 13.2 Å². The molecule has 80 valence electrons. The van der Waals surface area contributed by atoms with Gasteiger partial charge >= 0.3 is 0 Å². The molecule has 2 N–H and O–H groups in total. The van der Waals surface area contributed by atoms with E-state index in [9.17, 15) is 0 Å². The number of hydrogen-bond donors (Lipinski definition) is 2. The fraction of sp³-hybridized carbons (Fsp3) is 0.600. The van der Waals surface area contributed by atoms with Crippen LogP contribution in [-0.2, 0) is 4.74 Å². The van der Waals surface area contributed by atoms with Crippen LogP contribution in [0.5, 0.6) is 0 Å². The van der Waals surface area contributed by atoms with Crippen LogP contribution in [0.3, 0.4) is 0 Å². The maximum atomic E-state index is 9.08. The lowest BCUT2D eigenvalue weighted by Gasteiger charge is -2.16. The number of aliphatic hydroxyl groups excluding tert-OH is 2. The molecule has 3 nitrogen and oxygen atoms in total. The minimum Gasteiger partial charge on any atom is -0.490 e. The Hall–Kier alpha value is -0.510. The van der Waals surface area contributed by atoms with Gasteiger partial charge in [-0.1, -0.05) is 17.2 Å². The molecule has 0 heterocycles. The van der Waals surface area contributed by atoms with Crippen molar-refractivity contribution in [2.45, 2.75) is 25.9 Å². The summed E-state index contributed by atoms with van der Waals surface area (Å²) in [5.41, 5.74) is 1.21. The van der Waals surface area contributed by atoms with Crippen LogP contribution in [0.4, 0.5) is 0 Å². The van der Waals surface area contributed by atoms with Crippen molar-refractivity contribution in [2.24, 2.45) is 0 Å². The van der Waals surface area contributed by atoms with Gasteiger partial charge in [-0.25, -0.2) is 0 Å². The summed E-state index contributed by atoms with van der Waals surface area (Å²) in [5, 5.41) is 18.3. The number of ether oxygens (including phenoxy) is 1. The molecule has 0 spiro atoms. The fourth-order valence-corrected chi connectivity index (χ4v) is 1.37. The van der Waals surface area contributed by atoms with Crippen molar-refractivity contribution in [3.05, 3.63) is 22.4 Å². The first-order valence-corrected chi connectivity index (χ1v) is 4.99. The van der Waals surface area contributed by atoms with Gasteiger partial charge in [0.05, 0.1) is 11.6 Å². The monoisotopic (exact) mass is 218 g/mol. The van der Waals surface area contributed by atoms with Gasteiger partial charge in [0.25, 0.3) is 0 Å². The Kier molecular flexibility index (Phi) is 4.45. The van der Waals surface area contributed by atoms with Gasteiger partial charge in [0.1, 0.15) is 18.5 Å². The summed E-state index contributed by atoms with van der Waals surface area (Å²) in [7, 11) is 0. The molecule has 0 amide bonds. The molecule has 0 aromatic carbocycles. The van der Waals surface area contributed by atoms with E-state index in [2.05, 4.69) is 0 Å². The number of halogens is 1. The maximum absolute atomic E-state index is 9.08. The van der Waals surface area contributed by atoms with Crippen LogP contribution in [0.2, 0.25) is 0 Å². The van der Waals surface area contributed by atoms with Gasteiger partial charge in [0.15, 0.2) is 0 Å². The van der Waals surface area contributed by atoms with E-state index >= 15 is 0 Å². The summed E-state index contributed by atoms with van der Waals surface area (Å²) >= 11 is 5.94. The third-order valence-electron chi connectivity index (χ3n) is 2.03. The summed E-state index contributed by atoms with van der Waals surface area (Å²) in [6.07, 6.45) is 2.76. The Labute approximate surface area is 88.6 Å². The van der Waals surface area contributed by atoms with Crippen LogP contribution in [0, 0.1) is 0 Å². The quantitative estimate of drug-likeness (QED) is 0.753. The van der Waals surface area contributed by atoms with Gasteiger partial charge in [-0.15, -0.1) is 0 Å². The first kappa shape index (κ1) is 11.6. The summed E-state index contributed by atoms with van der Waals surface area (Å²) < 4.78 is 5.28. The molecule has 1 aliphatic rings. The molecule has 0 bridgehead atoms. The van der Waals surface area contributed by atoms with E-state index in [-0.39, 0.29) is 13.2 Å². The van der Waals surface area contributed by atoms with Gasteiger partial charge < -0.3 is 14.9 Å². The lowest BCUT2D eigenvalue weighted by Crippen LogP contribution is -2.19. The SMILES string of the molecule is CC1=CC(OCC(O)CO)=C(Cl)CC1. The van der Waals surface area contributed by atoms with Crippen LogP contribution < -0.4 is 0 Å². The van der Waals surface area contributed by atoms with Crippen LogP contribution in [0.25, 0.3) is 0 Å². The molecule has 0 fully saturated rings. The number of hydrogen-bond acceptors (Lipinski definition) is 3. The molecular weight excluding hydrogens is 204 g/mol. The summed E-state index contributed by atoms with van der Waals surface area (Å²) in [6.45, 7) is 1.79. The molecule has 1 rings (SSSR count). The van der Waals surface area contributed by atoms with Crippen molar-refractivity contribution in [3.8, 4) is 0 Å². The normalized spacial score (nSPS) is 19.3. The standard InChI is InChI=1S/C10H15ClO3/c1-7-2-3-9(11)10(4-7)14-6-8(13)5-12/h4,8,12-13H,2-3,5-6H2,1H3. The van der Waals surface area contributed by atoms with Crippen molar-refractivity contribution in [1.82, 2.24) is 0 Å². The Morgan fingerprint density at radius 1 is 1.57 bits per heavy atom. The second-order valence-corrected chi connectivity index (χ2v) is 3.86. The van der Waals surface area contributed by atoms with Crippen LogP contribution in [0.15, 0.2) is 22.4 Å². The molecule has 0 aliphatic heterocycles. The summed E-state index contributed by atoms with van der Waals surface area (Å²) in [4.78, 5) is 0. The highest BCUT2D eigenvalue weighted by molar-refractivity contribution is 6.30. The molecule has 0 radical (unpaired) electrons. The van der Waals surface area contributed by atoms with E-state index in [4.69, 9.17) is 26.6 Å². The van der Waals surface area contributed by atoms with Gasteiger partial charge in [-0.3, -0.25) is 0 Å². The van der Waals surface area contributed by atoms with Crippen molar-refractivity contribution in [1.29, 1.82) is 0 Å². The van der Waals surface area contributed by atoms with Gasteiger partial charge in [0, 0.05) is 0 Å². The van der Waals surface area contributed by atoms with Gasteiger partial charge in [-0.05, 0) is 25.8 Å². The lowest BCUT2D eigenvalue weighted by atomic mass is 10.1. The Bertz CT molecular complexity index is 258. The molecule has 14 heavy (non-hydrogen) atoms. The van der Waals surface area contributed by atoms with E-state index in [0.29, 0.717) is 10.8 Å². The number of rotatable bonds is 4. The highest BCUT2D eigenvalue weighted by Gasteiger charge is 2.12. The summed E-state index contributed by atoms with van der Waals surface area (Å²) in [5.74, 6) is 0.614. The number of allylic oxidation sites excluding steroid dienone is 3. The minimum atomic E-state index is -0.845. The zero-order chi connectivity index (χ0) is 10.6. The largest absolute Gasteiger partial charge is 0.490 e. The number of aliphatic hydroxyl groups is 2. The summed E-state index contributed by atoms with van der Waals surface area (Å²) in [6, 6.07) is 0. The highest BCUT2D eigenvalue weighted by atomic mass is 35.5. The topological polar surface area (TPSA) is 49.7 Å². The first-order chi connectivity index (χ1) is 6.63. The first-order valence-electron chi connectivity index (χ1n) is 4.61. The molecule has 0 aromatic heterocycles. The van der Waals surface area contributed by atoms with Crippen molar-refractivity contribution in [3.63, 3.8) is 0 Å². The van der Waals surface area contributed by atoms with Crippen molar-refractivity contribution >= 4 is 11.6 Å². The van der Waals surface area contributed by atoms with Crippen molar-refractivity contribution < 1.29 is 14.9 Å². The van der Waals surface area contributed by atoms with E-state index in [0.717, 1.165) is 12.8 Å². The fourth-order valence-electron chi connectivity index (χ4n) is 1.16. The zero-order valence-corrected chi connectivity index (χ0v) is 8.92. The molecule has 0 aromatic rings. The van der Waals surface area contributed by atoms with Gasteiger partial charge in [0.2, 0.25) is 0 Å². The van der Waals surface area contributed by atoms with Crippen LogP contribution in [-0.4, -0.2) is 29.5 Å². The Morgan fingerprint density at radius 2 is 2.29 bits per heavy atom. The van der Waals surface area contributed by atoms with Crippen LogP contribution >= 0.6 is 11.6 Å². The molecule has 1 atom stereocenters. The maximum Gasteiger partial charge on any atom is 0.133 e. The Morgan fingerprint density at radius 3 is 2.93 bits per heavy atom.